The molecule has 0 heterocycles. The van der Waals surface area contributed by atoms with Gasteiger partial charge in [0.05, 0.1) is 0 Å². The lowest BCUT2D eigenvalue weighted by Crippen LogP contribution is -2.77. The fraction of sp³-hybridized carbons (Fsp3) is 1.00. The van der Waals surface area contributed by atoms with Crippen LogP contribution in [0.2, 0.25) is 0 Å². The zero-order valence-corrected chi connectivity index (χ0v) is 20.4. The van der Waals surface area contributed by atoms with Gasteiger partial charge in [0.1, 0.15) is 0 Å². The van der Waals surface area contributed by atoms with Crippen molar-refractivity contribution in [2.75, 3.05) is 0 Å². The van der Waals surface area contributed by atoms with Crippen molar-refractivity contribution in [3.8, 4) is 0 Å². The summed E-state index contributed by atoms with van der Waals surface area (Å²) in [5, 5.41) is 0. The molecule has 0 aromatic carbocycles. The molecule has 0 aliphatic rings. The van der Waals surface area contributed by atoms with E-state index in [0.29, 0.717) is 0 Å². The molecule has 0 aromatic heterocycles. The number of rotatable bonds is 10. The van der Waals surface area contributed by atoms with Gasteiger partial charge in [0.2, 0.25) is 0 Å². The van der Waals surface area contributed by atoms with Crippen LogP contribution in [0.3, 0.4) is 0 Å². The summed E-state index contributed by atoms with van der Waals surface area (Å²) in [5.74, 6) is -33.9. The Kier molecular flexibility index (Phi) is 10.2. The third-order valence-corrected chi connectivity index (χ3v) is 9.36. The van der Waals surface area contributed by atoms with Crippen molar-refractivity contribution in [2.45, 2.75) is 71.6 Å². The molecule has 2 nitrogen and oxygen atoms in total. The molecule has 0 radical (unpaired) electrons. The van der Waals surface area contributed by atoms with Gasteiger partial charge in [0.25, 0.3) is 0 Å². The molecule has 260 valence electrons. The van der Waals surface area contributed by atoms with Gasteiger partial charge in [-0.15, -0.1) is 22.2 Å². The van der Waals surface area contributed by atoms with E-state index in [2.05, 4.69) is 22.2 Å². The van der Waals surface area contributed by atoms with Gasteiger partial charge in [0.15, 0.2) is 0 Å². The Morgan fingerprint density at radius 2 is 0.488 bits per heavy atom. The van der Waals surface area contributed by atoms with Crippen LogP contribution in [0, 0.1) is 0 Å². The van der Waals surface area contributed by atoms with Crippen molar-refractivity contribution >= 4 is 28.9 Å². The van der Waals surface area contributed by atoms with Crippen LogP contribution in [0.1, 0.15) is 0 Å². The summed E-state index contributed by atoms with van der Waals surface area (Å²) in [6, 6.07) is 0. The molecule has 0 aliphatic carbocycles. The van der Waals surface area contributed by atoms with E-state index in [4.69, 9.17) is 0 Å². The molecule has 0 unspecified atom stereocenters. The number of hydrogen-bond acceptors (Lipinski definition) is 2. The van der Waals surface area contributed by atoms with E-state index in [9.17, 15) is 114 Å². The SMILES string of the molecule is FC(F)(F)C(F)(OC(F)(F)C(F)(F)C(F)(F)[Si](Cl)(Cl)C(F)(F)C(F)(F)C(F)(F)OC(F)(C(F)(F)F)C(F)(F)F)C(F)(F)F. The van der Waals surface area contributed by atoms with Gasteiger partial charge in [0, 0.05) is 0 Å². The lowest BCUT2D eigenvalue weighted by molar-refractivity contribution is -0.513. The highest BCUT2D eigenvalue weighted by molar-refractivity contribution is 7.47. The molecule has 0 saturated heterocycles. The third-order valence-electron chi connectivity index (χ3n) is 4.30. The molecule has 31 heteroatoms. The Labute approximate surface area is 225 Å². The molecular formula is C12Cl2F26O2Si. The summed E-state index contributed by atoms with van der Waals surface area (Å²) < 4.78 is 341. The van der Waals surface area contributed by atoms with Crippen LogP contribution in [-0.2, 0) is 9.47 Å². The topological polar surface area (TPSA) is 18.5 Å². The van der Waals surface area contributed by atoms with Crippen molar-refractivity contribution in [1.82, 2.24) is 0 Å². The van der Waals surface area contributed by atoms with Gasteiger partial charge in [-0.25, -0.2) is 17.6 Å². The monoisotopic (exact) mass is 768 g/mol. The molecule has 0 amide bonds. The summed E-state index contributed by atoms with van der Waals surface area (Å²) in [5.41, 5.74) is -17.1. The van der Waals surface area contributed by atoms with E-state index in [1.165, 1.54) is 0 Å². The van der Waals surface area contributed by atoms with Crippen molar-refractivity contribution in [2.24, 2.45) is 0 Å². The van der Waals surface area contributed by atoms with Crippen LogP contribution in [0.4, 0.5) is 114 Å². The van der Waals surface area contributed by atoms with Crippen LogP contribution in [0.5, 0.6) is 0 Å². The van der Waals surface area contributed by atoms with Crippen LogP contribution in [0.25, 0.3) is 0 Å². The van der Waals surface area contributed by atoms with Crippen LogP contribution >= 0.6 is 22.2 Å². The number of halogens is 28. The van der Waals surface area contributed by atoms with Gasteiger partial charge < -0.3 is 0 Å². The van der Waals surface area contributed by atoms with Gasteiger partial charge in [-0.1, -0.05) is 0 Å². The van der Waals surface area contributed by atoms with E-state index >= 15 is 0 Å². The Bertz CT molecular complexity index is 900. The molecule has 0 rings (SSSR count). The maximum absolute atomic E-state index is 14.0. The van der Waals surface area contributed by atoms with Crippen LogP contribution in [0.15, 0.2) is 0 Å². The molecule has 0 bridgehead atoms. The van der Waals surface area contributed by atoms with Gasteiger partial charge in [-0.2, -0.15) is 96.6 Å². The van der Waals surface area contributed by atoms with Crippen molar-refractivity contribution in [3.63, 3.8) is 0 Å². The number of alkyl halides is 26. The Hall–Kier alpha value is -1.10. The van der Waals surface area contributed by atoms with Crippen LogP contribution in [-0.4, -0.2) is 78.3 Å². The standard InChI is InChI=1S/C12Cl2F26O2Si/c13-43(14,11(37,38)1(15,16)9(33,34)41-3(19,5(21,22)23)6(24,25)26)12(39,40)2(17,18)10(35,36)42-4(20,7(27,28)29)8(30,31)32. The molecule has 0 aliphatic heterocycles. The predicted molar refractivity (Wildman–Crippen MR) is 81.2 cm³/mol. The van der Waals surface area contributed by atoms with Gasteiger partial charge in [-0.3, -0.25) is 9.47 Å². The maximum Gasteiger partial charge on any atom is 0.458 e. The highest BCUT2D eigenvalue weighted by atomic mass is 35.7. The molecule has 0 spiro atoms. The van der Waals surface area contributed by atoms with Crippen molar-refractivity contribution < 1.29 is 124 Å². The first-order chi connectivity index (χ1) is 17.9. The highest BCUT2D eigenvalue weighted by Crippen LogP contribution is 2.64. The number of hydrogen-bond donors (Lipinski definition) is 0. The smallest absolute Gasteiger partial charge is 0.262 e. The molecule has 0 atom stereocenters. The summed E-state index contributed by atoms with van der Waals surface area (Å²) in [4.78, 5) is 0. The largest absolute Gasteiger partial charge is 0.458 e. The second-order valence-electron chi connectivity index (χ2n) is 7.29. The first kappa shape index (κ1) is 41.9. The van der Waals surface area contributed by atoms with Crippen molar-refractivity contribution in [3.05, 3.63) is 0 Å². The Morgan fingerprint density at radius 1 is 0.326 bits per heavy atom. The fourth-order valence-corrected chi connectivity index (χ4v) is 4.89. The molecule has 0 aromatic rings. The van der Waals surface area contributed by atoms with E-state index in [1.807, 2.05) is 0 Å². The maximum atomic E-state index is 14.0. The zero-order valence-electron chi connectivity index (χ0n) is 17.9. The normalized spacial score (nSPS) is 17.0. The Morgan fingerprint density at radius 3 is 0.628 bits per heavy atom. The van der Waals surface area contributed by atoms with E-state index in [1.54, 1.807) is 0 Å². The molecule has 43 heavy (non-hydrogen) atoms. The second kappa shape index (κ2) is 10.5. The summed E-state index contributed by atoms with van der Waals surface area (Å²) in [7, 11) is 0. The molecular weight excluding hydrogens is 769 g/mol. The van der Waals surface area contributed by atoms with E-state index in [-0.39, 0.29) is 0 Å². The van der Waals surface area contributed by atoms with E-state index < -0.39 is 78.3 Å². The minimum absolute atomic E-state index is 1.03. The highest BCUT2D eigenvalue weighted by Gasteiger charge is 2.95. The van der Waals surface area contributed by atoms with Crippen molar-refractivity contribution in [1.29, 1.82) is 0 Å². The lowest BCUT2D eigenvalue weighted by atomic mass is 10.2. The zero-order chi connectivity index (χ0) is 35.9. The minimum Gasteiger partial charge on any atom is -0.262 e. The minimum atomic E-state index is -9.70. The quantitative estimate of drug-likeness (QED) is 0.125. The first-order valence-electron chi connectivity index (χ1n) is 8.61. The van der Waals surface area contributed by atoms with Crippen LogP contribution < -0.4 is 0 Å². The van der Waals surface area contributed by atoms with Gasteiger partial charge >= 0.3 is 78.3 Å². The molecule has 0 fully saturated rings. The summed E-state index contributed by atoms with van der Waals surface area (Å²) >= 11 is 7.59. The number of ether oxygens (including phenoxy) is 2. The van der Waals surface area contributed by atoms with Gasteiger partial charge in [-0.05, 0) is 0 Å². The Balaban J connectivity index is 7.19. The predicted octanol–water partition coefficient (Wildman–Crippen LogP) is 9.33. The average Bonchev–Trinajstić information content (AvgIpc) is 2.68. The fourth-order valence-electron chi connectivity index (χ4n) is 1.99. The molecule has 0 N–H and O–H groups in total. The third kappa shape index (κ3) is 6.08. The average molecular weight is 769 g/mol. The summed E-state index contributed by atoms with van der Waals surface area (Å²) in [6.07, 6.45) is -49.2. The second-order valence-corrected chi connectivity index (χ2v) is 13.7. The first-order valence-corrected chi connectivity index (χ1v) is 12.6. The lowest BCUT2D eigenvalue weighted by Gasteiger charge is -2.44. The molecule has 0 saturated carbocycles. The van der Waals surface area contributed by atoms with E-state index in [0.717, 1.165) is 9.47 Å². The summed E-state index contributed by atoms with van der Waals surface area (Å²) in [6.45, 7) is -9.70.